The van der Waals surface area contributed by atoms with Gasteiger partial charge in [-0.25, -0.2) is 0 Å². The standard InChI is InChI=1S/C9H17N3O2/c1-7(10-2)9(14)11-8-3-4-12(5-8)6-13/h6-8,10H,3-5H2,1-2H3,(H,11,14). The van der Waals surface area contributed by atoms with E-state index in [1.807, 2.05) is 6.92 Å². The number of likely N-dealkylation sites (N-methyl/N-ethyl adjacent to an activating group) is 1. The first-order valence-electron chi connectivity index (χ1n) is 4.84. The van der Waals surface area contributed by atoms with Gasteiger partial charge in [0.25, 0.3) is 0 Å². The van der Waals surface area contributed by atoms with Crippen LogP contribution in [0, 0.1) is 0 Å². The molecule has 2 unspecified atom stereocenters. The molecule has 1 heterocycles. The maximum atomic E-state index is 11.4. The fraction of sp³-hybridized carbons (Fsp3) is 0.778. The number of carbonyl (C=O) groups excluding carboxylic acids is 2. The second kappa shape index (κ2) is 4.95. The molecule has 0 aromatic heterocycles. The lowest BCUT2D eigenvalue weighted by Crippen LogP contribution is -2.46. The van der Waals surface area contributed by atoms with Crippen molar-refractivity contribution in [1.82, 2.24) is 15.5 Å². The maximum absolute atomic E-state index is 11.4. The van der Waals surface area contributed by atoms with E-state index < -0.39 is 0 Å². The Balaban J connectivity index is 2.32. The first-order chi connectivity index (χ1) is 6.67. The number of nitrogens with one attached hydrogen (secondary N) is 2. The highest BCUT2D eigenvalue weighted by Gasteiger charge is 2.23. The zero-order chi connectivity index (χ0) is 10.6. The minimum absolute atomic E-state index is 0.00903. The molecule has 0 aliphatic carbocycles. The molecule has 1 fully saturated rings. The van der Waals surface area contributed by atoms with Crippen LogP contribution in [0.1, 0.15) is 13.3 Å². The van der Waals surface area contributed by atoms with E-state index in [0.29, 0.717) is 6.54 Å². The third-order valence-corrected chi connectivity index (χ3v) is 2.54. The number of rotatable bonds is 4. The van der Waals surface area contributed by atoms with E-state index >= 15 is 0 Å². The van der Waals surface area contributed by atoms with Crippen molar-refractivity contribution in [2.45, 2.75) is 25.4 Å². The van der Waals surface area contributed by atoms with Gasteiger partial charge >= 0.3 is 0 Å². The third-order valence-electron chi connectivity index (χ3n) is 2.54. The topological polar surface area (TPSA) is 61.4 Å². The Hall–Kier alpha value is -1.10. The van der Waals surface area contributed by atoms with Gasteiger partial charge < -0.3 is 15.5 Å². The van der Waals surface area contributed by atoms with Crippen LogP contribution in [0.3, 0.4) is 0 Å². The van der Waals surface area contributed by atoms with E-state index in [0.717, 1.165) is 19.4 Å². The molecule has 5 heteroatoms. The number of carbonyl (C=O) groups is 2. The van der Waals surface area contributed by atoms with Crippen LogP contribution in [0.2, 0.25) is 0 Å². The van der Waals surface area contributed by atoms with Gasteiger partial charge in [0, 0.05) is 19.1 Å². The van der Waals surface area contributed by atoms with E-state index in [2.05, 4.69) is 10.6 Å². The highest BCUT2D eigenvalue weighted by Crippen LogP contribution is 2.06. The van der Waals surface area contributed by atoms with Gasteiger partial charge in [-0.3, -0.25) is 9.59 Å². The summed E-state index contributed by atoms with van der Waals surface area (Å²) < 4.78 is 0. The largest absolute Gasteiger partial charge is 0.350 e. The van der Waals surface area contributed by atoms with Crippen molar-refractivity contribution in [3.63, 3.8) is 0 Å². The zero-order valence-electron chi connectivity index (χ0n) is 8.62. The Morgan fingerprint density at radius 3 is 2.86 bits per heavy atom. The summed E-state index contributed by atoms with van der Waals surface area (Å²) in [4.78, 5) is 23.5. The van der Waals surface area contributed by atoms with Crippen LogP contribution in [0.25, 0.3) is 0 Å². The van der Waals surface area contributed by atoms with Gasteiger partial charge in [0.1, 0.15) is 0 Å². The molecule has 0 saturated carbocycles. The van der Waals surface area contributed by atoms with Crippen LogP contribution in [0.5, 0.6) is 0 Å². The van der Waals surface area contributed by atoms with Gasteiger partial charge in [-0.1, -0.05) is 0 Å². The molecule has 0 aromatic rings. The Morgan fingerprint density at radius 1 is 1.64 bits per heavy atom. The van der Waals surface area contributed by atoms with E-state index in [-0.39, 0.29) is 18.0 Å². The smallest absolute Gasteiger partial charge is 0.237 e. The normalized spacial score (nSPS) is 23.3. The quantitative estimate of drug-likeness (QED) is 0.567. The summed E-state index contributed by atoms with van der Waals surface area (Å²) in [5, 5.41) is 5.76. The number of hydrogen-bond donors (Lipinski definition) is 2. The van der Waals surface area contributed by atoms with Gasteiger partial charge in [0.2, 0.25) is 12.3 Å². The predicted molar refractivity (Wildman–Crippen MR) is 52.7 cm³/mol. The Morgan fingerprint density at radius 2 is 2.36 bits per heavy atom. The summed E-state index contributed by atoms with van der Waals surface area (Å²) in [6, 6.07) is -0.0659. The van der Waals surface area contributed by atoms with Gasteiger partial charge in [-0.2, -0.15) is 0 Å². The lowest BCUT2D eigenvalue weighted by atomic mass is 10.2. The molecule has 1 aliphatic rings. The highest BCUT2D eigenvalue weighted by atomic mass is 16.2. The van der Waals surface area contributed by atoms with Crippen LogP contribution in [0.4, 0.5) is 0 Å². The molecule has 2 amide bonds. The Bertz CT molecular complexity index is 220. The van der Waals surface area contributed by atoms with E-state index in [1.165, 1.54) is 0 Å². The van der Waals surface area contributed by atoms with Crippen LogP contribution in [-0.2, 0) is 9.59 Å². The SMILES string of the molecule is CNC(C)C(=O)NC1CCN(C=O)C1. The van der Waals surface area contributed by atoms with Crippen LogP contribution in [-0.4, -0.2) is 49.4 Å². The molecule has 1 aliphatic heterocycles. The molecular weight excluding hydrogens is 182 g/mol. The fourth-order valence-electron chi connectivity index (χ4n) is 1.46. The minimum atomic E-state index is -0.180. The second-order valence-electron chi connectivity index (χ2n) is 3.60. The molecular formula is C9H17N3O2. The van der Waals surface area contributed by atoms with Gasteiger partial charge in [0.15, 0.2) is 0 Å². The number of nitrogens with zero attached hydrogens (tertiary/aromatic N) is 1. The second-order valence-corrected chi connectivity index (χ2v) is 3.60. The van der Waals surface area contributed by atoms with Crippen molar-refractivity contribution in [1.29, 1.82) is 0 Å². The van der Waals surface area contributed by atoms with Crippen LogP contribution in [0.15, 0.2) is 0 Å². The molecule has 0 spiro atoms. The lowest BCUT2D eigenvalue weighted by Gasteiger charge is -2.16. The summed E-state index contributed by atoms with van der Waals surface area (Å²) in [6.07, 6.45) is 1.68. The summed E-state index contributed by atoms with van der Waals surface area (Å²) >= 11 is 0. The van der Waals surface area contributed by atoms with Crippen molar-refractivity contribution in [3.8, 4) is 0 Å². The number of likely N-dealkylation sites (tertiary alicyclic amines) is 1. The van der Waals surface area contributed by atoms with Crippen molar-refractivity contribution in [2.24, 2.45) is 0 Å². The van der Waals surface area contributed by atoms with Crippen LogP contribution >= 0.6 is 0 Å². The fourth-order valence-corrected chi connectivity index (χ4v) is 1.46. The van der Waals surface area contributed by atoms with Crippen LogP contribution < -0.4 is 10.6 Å². The summed E-state index contributed by atoms with van der Waals surface area (Å²) in [5.41, 5.74) is 0. The lowest BCUT2D eigenvalue weighted by molar-refractivity contribution is -0.123. The molecule has 1 saturated heterocycles. The highest BCUT2D eigenvalue weighted by molar-refractivity contribution is 5.81. The van der Waals surface area contributed by atoms with E-state index in [4.69, 9.17) is 0 Å². The Labute approximate surface area is 83.8 Å². The van der Waals surface area contributed by atoms with Crippen molar-refractivity contribution in [3.05, 3.63) is 0 Å². The number of hydrogen-bond acceptors (Lipinski definition) is 3. The number of amides is 2. The predicted octanol–water partition coefficient (Wildman–Crippen LogP) is -1.06. The first-order valence-corrected chi connectivity index (χ1v) is 4.84. The molecule has 1 rings (SSSR count). The molecule has 0 bridgehead atoms. The van der Waals surface area contributed by atoms with Gasteiger partial charge in [0.05, 0.1) is 6.04 Å². The van der Waals surface area contributed by atoms with E-state index in [1.54, 1.807) is 11.9 Å². The van der Waals surface area contributed by atoms with Gasteiger partial charge in [-0.05, 0) is 20.4 Å². The minimum Gasteiger partial charge on any atom is -0.350 e. The summed E-state index contributed by atoms with van der Waals surface area (Å²) in [7, 11) is 1.75. The average molecular weight is 199 g/mol. The Kier molecular flexibility index (Phi) is 3.88. The molecule has 0 aromatic carbocycles. The molecule has 14 heavy (non-hydrogen) atoms. The van der Waals surface area contributed by atoms with E-state index in [9.17, 15) is 9.59 Å². The maximum Gasteiger partial charge on any atom is 0.237 e. The molecule has 2 N–H and O–H groups in total. The first kappa shape index (κ1) is 11.0. The summed E-state index contributed by atoms with van der Waals surface area (Å²) in [5.74, 6) is -0.00903. The average Bonchev–Trinajstić information content (AvgIpc) is 2.64. The van der Waals surface area contributed by atoms with Crippen molar-refractivity contribution < 1.29 is 9.59 Å². The van der Waals surface area contributed by atoms with Crippen molar-refractivity contribution >= 4 is 12.3 Å². The molecule has 5 nitrogen and oxygen atoms in total. The summed E-state index contributed by atoms with van der Waals surface area (Å²) in [6.45, 7) is 3.18. The monoisotopic (exact) mass is 199 g/mol. The molecule has 0 radical (unpaired) electrons. The molecule has 80 valence electrons. The third kappa shape index (κ3) is 2.70. The molecule has 2 atom stereocenters. The zero-order valence-corrected chi connectivity index (χ0v) is 8.62. The van der Waals surface area contributed by atoms with Gasteiger partial charge in [-0.15, -0.1) is 0 Å². The van der Waals surface area contributed by atoms with Crippen molar-refractivity contribution in [2.75, 3.05) is 20.1 Å².